The first kappa shape index (κ1) is 12.8. The van der Waals surface area contributed by atoms with Crippen molar-refractivity contribution in [2.45, 2.75) is 31.6 Å². The van der Waals surface area contributed by atoms with Gasteiger partial charge in [0, 0.05) is 29.3 Å². The third-order valence-corrected chi connectivity index (χ3v) is 4.66. The smallest absolute Gasteiger partial charge is 0.0317 e. The third kappa shape index (κ3) is 3.93. The van der Waals surface area contributed by atoms with Crippen LogP contribution in [0.2, 0.25) is 0 Å². The fourth-order valence-electron chi connectivity index (χ4n) is 2.17. The summed E-state index contributed by atoms with van der Waals surface area (Å²) in [5.41, 5.74) is 8.01. The lowest BCUT2D eigenvalue weighted by Gasteiger charge is -2.22. The van der Waals surface area contributed by atoms with Gasteiger partial charge in [-0.3, -0.25) is 4.90 Å². The number of nitrogens with two attached hydrogens (primary N) is 1. The van der Waals surface area contributed by atoms with Gasteiger partial charge in [0.2, 0.25) is 0 Å². The highest BCUT2D eigenvalue weighted by molar-refractivity contribution is 8.00. The highest BCUT2D eigenvalue weighted by Crippen LogP contribution is 2.31. The highest BCUT2D eigenvalue weighted by Gasteiger charge is 2.23. The van der Waals surface area contributed by atoms with Crippen molar-refractivity contribution in [2.24, 2.45) is 0 Å². The molecule has 94 valence electrons. The van der Waals surface area contributed by atoms with Gasteiger partial charge < -0.3 is 5.73 Å². The minimum atomic E-state index is 0.435. The monoisotopic (exact) mass is 250 g/mol. The molecular formula is C14H22N2S. The van der Waals surface area contributed by atoms with Crippen LogP contribution < -0.4 is 5.73 Å². The number of nitrogens with zero attached hydrogens (tertiary/aromatic N) is 1. The zero-order valence-corrected chi connectivity index (χ0v) is 11.6. The molecule has 1 aliphatic rings. The van der Waals surface area contributed by atoms with Gasteiger partial charge >= 0.3 is 0 Å². The Balaban J connectivity index is 1.95. The van der Waals surface area contributed by atoms with E-state index in [0.717, 1.165) is 12.2 Å². The van der Waals surface area contributed by atoms with Crippen LogP contribution in [0.5, 0.6) is 0 Å². The molecule has 0 radical (unpaired) electrons. The minimum Gasteiger partial charge on any atom is -0.399 e. The summed E-state index contributed by atoms with van der Waals surface area (Å²) < 4.78 is 0.435. The van der Waals surface area contributed by atoms with Crippen LogP contribution >= 0.6 is 11.8 Å². The summed E-state index contributed by atoms with van der Waals surface area (Å²) in [7, 11) is 0. The molecule has 1 heterocycles. The Morgan fingerprint density at radius 3 is 2.94 bits per heavy atom. The summed E-state index contributed by atoms with van der Waals surface area (Å²) in [4.78, 5) is 2.54. The molecule has 0 unspecified atom stereocenters. The lowest BCUT2D eigenvalue weighted by Crippen LogP contribution is -2.26. The van der Waals surface area contributed by atoms with Crippen molar-refractivity contribution >= 4 is 17.4 Å². The molecule has 2 rings (SSSR count). The first-order valence-corrected chi connectivity index (χ1v) is 7.24. The van der Waals surface area contributed by atoms with Gasteiger partial charge in [0.1, 0.15) is 0 Å². The molecule has 0 saturated carbocycles. The summed E-state index contributed by atoms with van der Waals surface area (Å²) >= 11 is 2.09. The fourth-order valence-corrected chi connectivity index (χ4v) is 3.31. The summed E-state index contributed by atoms with van der Waals surface area (Å²) in [6.07, 6.45) is 1.26. The molecule has 2 N–H and O–H groups in total. The molecule has 1 aliphatic heterocycles. The van der Waals surface area contributed by atoms with E-state index in [1.165, 1.54) is 30.8 Å². The van der Waals surface area contributed by atoms with Crippen LogP contribution in [-0.2, 0) is 6.54 Å². The SMILES string of the molecule is CC1(C)CCN(Cc2cccc(N)c2)CCS1. The van der Waals surface area contributed by atoms with Crippen molar-refractivity contribution in [2.75, 3.05) is 24.6 Å². The molecule has 0 spiro atoms. The van der Waals surface area contributed by atoms with Crippen LogP contribution in [0.4, 0.5) is 5.69 Å². The summed E-state index contributed by atoms with van der Waals surface area (Å²) in [6, 6.07) is 8.24. The normalized spacial score (nSPS) is 21.1. The first-order valence-electron chi connectivity index (χ1n) is 6.26. The average molecular weight is 250 g/mol. The Bertz CT molecular complexity index is 376. The number of hydrogen-bond donors (Lipinski definition) is 1. The molecule has 2 nitrogen and oxygen atoms in total. The number of benzene rings is 1. The molecule has 0 amide bonds. The Morgan fingerprint density at radius 1 is 1.35 bits per heavy atom. The Kier molecular flexibility index (Phi) is 4.00. The van der Waals surface area contributed by atoms with E-state index in [1.807, 2.05) is 12.1 Å². The number of thioether (sulfide) groups is 1. The second-order valence-corrected chi connectivity index (χ2v) is 7.18. The standard InChI is InChI=1S/C14H22N2S/c1-14(2)6-7-16(8-9-17-14)11-12-4-3-5-13(15)10-12/h3-5,10H,6-9,11,15H2,1-2H3. The number of nitrogen functional groups attached to an aromatic ring is 1. The average Bonchev–Trinajstić information content (AvgIpc) is 2.41. The van der Waals surface area contributed by atoms with Gasteiger partial charge in [-0.1, -0.05) is 26.0 Å². The van der Waals surface area contributed by atoms with Gasteiger partial charge in [-0.2, -0.15) is 11.8 Å². The number of hydrogen-bond acceptors (Lipinski definition) is 3. The maximum Gasteiger partial charge on any atom is 0.0317 e. The minimum absolute atomic E-state index is 0.435. The van der Waals surface area contributed by atoms with Gasteiger partial charge in [-0.05, 0) is 30.7 Å². The van der Waals surface area contributed by atoms with E-state index in [0.29, 0.717) is 4.75 Å². The van der Waals surface area contributed by atoms with E-state index in [1.54, 1.807) is 0 Å². The van der Waals surface area contributed by atoms with Gasteiger partial charge in [0.15, 0.2) is 0 Å². The van der Waals surface area contributed by atoms with Crippen LogP contribution in [0.15, 0.2) is 24.3 Å². The lowest BCUT2D eigenvalue weighted by atomic mass is 10.1. The summed E-state index contributed by atoms with van der Waals surface area (Å²) in [5, 5.41) is 0. The Hall–Kier alpha value is -0.670. The first-order chi connectivity index (χ1) is 8.05. The fraction of sp³-hybridized carbons (Fsp3) is 0.571. The molecule has 1 saturated heterocycles. The molecule has 17 heavy (non-hydrogen) atoms. The molecule has 0 bridgehead atoms. The van der Waals surface area contributed by atoms with E-state index in [9.17, 15) is 0 Å². The van der Waals surface area contributed by atoms with Crippen molar-refractivity contribution < 1.29 is 0 Å². The maximum atomic E-state index is 5.82. The molecule has 1 aromatic rings. The molecule has 1 fully saturated rings. The predicted octanol–water partition coefficient (Wildman–Crippen LogP) is 2.99. The van der Waals surface area contributed by atoms with Crippen LogP contribution in [-0.4, -0.2) is 28.5 Å². The maximum absolute atomic E-state index is 5.82. The highest BCUT2D eigenvalue weighted by atomic mass is 32.2. The van der Waals surface area contributed by atoms with E-state index in [2.05, 4.69) is 42.6 Å². The molecule has 0 atom stereocenters. The summed E-state index contributed by atoms with van der Waals surface area (Å²) in [5.74, 6) is 1.23. The predicted molar refractivity (Wildman–Crippen MR) is 77.3 cm³/mol. The zero-order chi connectivity index (χ0) is 12.3. The molecule has 3 heteroatoms. The van der Waals surface area contributed by atoms with E-state index < -0.39 is 0 Å². The van der Waals surface area contributed by atoms with Gasteiger partial charge in [0.05, 0.1) is 0 Å². The van der Waals surface area contributed by atoms with Gasteiger partial charge in [0.25, 0.3) is 0 Å². The van der Waals surface area contributed by atoms with Gasteiger partial charge in [-0.15, -0.1) is 0 Å². The van der Waals surface area contributed by atoms with Gasteiger partial charge in [-0.25, -0.2) is 0 Å². The van der Waals surface area contributed by atoms with Crippen LogP contribution in [0.1, 0.15) is 25.8 Å². The quantitative estimate of drug-likeness (QED) is 0.818. The molecular weight excluding hydrogens is 228 g/mol. The topological polar surface area (TPSA) is 29.3 Å². The summed E-state index contributed by atoms with van der Waals surface area (Å²) in [6.45, 7) is 8.10. The number of rotatable bonds is 2. The molecule has 1 aromatic carbocycles. The van der Waals surface area contributed by atoms with Crippen molar-refractivity contribution in [1.29, 1.82) is 0 Å². The second kappa shape index (κ2) is 5.32. The van der Waals surface area contributed by atoms with Crippen molar-refractivity contribution in [3.05, 3.63) is 29.8 Å². The second-order valence-electron chi connectivity index (χ2n) is 5.38. The van der Waals surface area contributed by atoms with Crippen LogP contribution in [0, 0.1) is 0 Å². The molecule has 0 aromatic heterocycles. The largest absolute Gasteiger partial charge is 0.399 e. The van der Waals surface area contributed by atoms with Crippen LogP contribution in [0.3, 0.4) is 0 Å². The number of anilines is 1. The zero-order valence-electron chi connectivity index (χ0n) is 10.8. The lowest BCUT2D eigenvalue weighted by molar-refractivity contribution is 0.276. The molecule has 0 aliphatic carbocycles. The Labute approximate surface area is 109 Å². The van der Waals surface area contributed by atoms with Crippen molar-refractivity contribution in [3.63, 3.8) is 0 Å². The van der Waals surface area contributed by atoms with Crippen molar-refractivity contribution in [1.82, 2.24) is 4.90 Å². The van der Waals surface area contributed by atoms with E-state index >= 15 is 0 Å². The van der Waals surface area contributed by atoms with Crippen LogP contribution in [0.25, 0.3) is 0 Å². The third-order valence-electron chi connectivity index (χ3n) is 3.29. The van der Waals surface area contributed by atoms with E-state index in [-0.39, 0.29) is 0 Å². The van der Waals surface area contributed by atoms with Crippen molar-refractivity contribution in [3.8, 4) is 0 Å². The van der Waals surface area contributed by atoms with E-state index in [4.69, 9.17) is 5.73 Å². The Morgan fingerprint density at radius 2 is 2.18 bits per heavy atom.